The van der Waals surface area contributed by atoms with Crippen LogP contribution in [0.3, 0.4) is 0 Å². The number of aliphatic hydroxyl groups excluding tert-OH is 1. The number of allylic oxidation sites excluding steroid dienone is 2. The molecule has 3 rings (SSSR count). The van der Waals surface area contributed by atoms with Gasteiger partial charge in [0.1, 0.15) is 23.4 Å². The number of aliphatic hydroxyl groups is 1. The molecule has 1 saturated heterocycles. The molecule has 156 valence electrons. The van der Waals surface area contributed by atoms with Gasteiger partial charge in [-0.2, -0.15) is 0 Å². The molecule has 3 aliphatic rings. The highest BCUT2D eigenvalue weighted by Gasteiger charge is 2.65. The Morgan fingerprint density at radius 3 is 2.55 bits per heavy atom. The van der Waals surface area contributed by atoms with Crippen molar-refractivity contribution in [1.82, 2.24) is 0 Å². The van der Waals surface area contributed by atoms with E-state index in [0.717, 1.165) is 0 Å². The molecule has 0 aromatic heterocycles. The van der Waals surface area contributed by atoms with Crippen molar-refractivity contribution in [3.63, 3.8) is 0 Å². The lowest BCUT2D eigenvalue weighted by atomic mass is 9.68. The summed E-state index contributed by atoms with van der Waals surface area (Å²) in [6, 6.07) is 0. The van der Waals surface area contributed by atoms with Gasteiger partial charge >= 0.3 is 11.9 Å². The van der Waals surface area contributed by atoms with E-state index in [-0.39, 0.29) is 18.8 Å². The van der Waals surface area contributed by atoms with Crippen LogP contribution in [0, 0.1) is 17.3 Å². The van der Waals surface area contributed by atoms with E-state index in [1.54, 1.807) is 26.8 Å². The number of ketones is 2. The van der Waals surface area contributed by atoms with Crippen LogP contribution in [0.25, 0.3) is 0 Å². The third-order valence-electron chi connectivity index (χ3n) is 6.61. The topological polar surface area (TPSA) is 107 Å². The molecule has 1 heterocycles. The summed E-state index contributed by atoms with van der Waals surface area (Å²) in [6.45, 7) is 7.49. The molecule has 0 aromatic rings. The highest BCUT2D eigenvalue weighted by Crippen LogP contribution is 2.53. The van der Waals surface area contributed by atoms with E-state index in [1.807, 2.05) is 0 Å². The fourth-order valence-electron chi connectivity index (χ4n) is 4.69. The molecular weight excluding hydrogens is 376 g/mol. The number of carbonyl (C=O) groups excluding carboxylic acids is 4. The summed E-state index contributed by atoms with van der Waals surface area (Å²) in [6.07, 6.45) is 1.40. The normalized spacial score (nSPS) is 34.3. The second-order valence-electron chi connectivity index (χ2n) is 8.18. The minimum absolute atomic E-state index is 0.0542. The third-order valence-corrected chi connectivity index (χ3v) is 6.61. The second kappa shape index (κ2) is 7.37. The second-order valence-corrected chi connectivity index (χ2v) is 8.18. The van der Waals surface area contributed by atoms with Crippen molar-refractivity contribution in [2.24, 2.45) is 17.3 Å². The Morgan fingerprint density at radius 2 is 2.00 bits per heavy atom. The number of ether oxygens (including phenoxy) is 2. The molecule has 0 spiro atoms. The number of carbonyl (C=O) groups is 4. The number of hydrogen-bond acceptors (Lipinski definition) is 7. The fraction of sp³-hybridized carbons (Fsp3) is 0.545. The Morgan fingerprint density at radius 1 is 1.34 bits per heavy atom. The van der Waals surface area contributed by atoms with Crippen LogP contribution >= 0.6 is 0 Å². The van der Waals surface area contributed by atoms with Gasteiger partial charge in [-0.05, 0) is 46.3 Å². The summed E-state index contributed by atoms with van der Waals surface area (Å²) in [5.74, 6) is -3.24. The number of Topliss-reactive ketones (excluding diaryl/α,β-unsaturated/α-hetero) is 1. The summed E-state index contributed by atoms with van der Waals surface area (Å²) in [5.41, 5.74) is 0.387. The Bertz CT molecular complexity index is 891. The molecule has 29 heavy (non-hydrogen) atoms. The van der Waals surface area contributed by atoms with E-state index in [1.165, 1.54) is 19.9 Å². The van der Waals surface area contributed by atoms with Gasteiger partial charge in [0.25, 0.3) is 0 Å². The van der Waals surface area contributed by atoms with Crippen LogP contribution in [0.15, 0.2) is 34.4 Å². The number of esters is 2. The van der Waals surface area contributed by atoms with Gasteiger partial charge in [0.2, 0.25) is 0 Å². The molecule has 0 radical (unpaired) electrons. The zero-order valence-electron chi connectivity index (χ0n) is 17.3. The Hall–Kier alpha value is -2.54. The van der Waals surface area contributed by atoms with E-state index < -0.39 is 47.2 Å². The van der Waals surface area contributed by atoms with Crippen molar-refractivity contribution in [3.8, 4) is 0 Å². The molecule has 2 aliphatic carbocycles. The molecule has 0 unspecified atom stereocenters. The summed E-state index contributed by atoms with van der Waals surface area (Å²) in [4.78, 5) is 50.5. The van der Waals surface area contributed by atoms with Crippen LogP contribution in [0.4, 0.5) is 0 Å². The van der Waals surface area contributed by atoms with Crippen LogP contribution in [0.5, 0.6) is 0 Å². The van der Waals surface area contributed by atoms with E-state index in [9.17, 15) is 24.3 Å². The lowest BCUT2D eigenvalue weighted by Crippen LogP contribution is -2.47. The van der Waals surface area contributed by atoms with Gasteiger partial charge in [0.15, 0.2) is 5.78 Å². The molecule has 7 nitrogen and oxygen atoms in total. The van der Waals surface area contributed by atoms with Crippen LogP contribution in [0.2, 0.25) is 0 Å². The van der Waals surface area contributed by atoms with Crippen LogP contribution in [0.1, 0.15) is 41.0 Å². The molecule has 0 saturated carbocycles. The number of fused-ring (bicyclic) bond motifs is 3. The van der Waals surface area contributed by atoms with Crippen molar-refractivity contribution < 1.29 is 33.8 Å². The molecule has 0 amide bonds. The lowest BCUT2D eigenvalue weighted by Gasteiger charge is -2.34. The van der Waals surface area contributed by atoms with Crippen LogP contribution < -0.4 is 0 Å². The monoisotopic (exact) mass is 402 g/mol. The maximum Gasteiger partial charge on any atom is 0.333 e. The van der Waals surface area contributed by atoms with E-state index in [4.69, 9.17) is 9.47 Å². The smallest absolute Gasteiger partial charge is 0.333 e. The van der Waals surface area contributed by atoms with Gasteiger partial charge in [-0.15, -0.1) is 0 Å². The highest BCUT2D eigenvalue weighted by atomic mass is 16.6. The van der Waals surface area contributed by atoms with Gasteiger partial charge in [-0.1, -0.05) is 11.6 Å². The molecule has 1 fully saturated rings. The zero-order valence-corrected chi connectivity index (χ0v) is 17.3. The molecule has 0 bridgehead atoms. The molecular formula is C22H26O7. The predicted octanol–water partition coefficient (Wildman–Crippen LogP) is 1.84. The predicted molar refractivity (Wildman–Crippen MR) is 102 cm³/mol. The van der Waals surface area contributed by atoms with Gasteiger partial charge in [0.05, 0.1) is 12.5 Å². The van der Waals surface area contributed by atoms with Gasteiger partial charge in [-0.3, -0.25) is 14.4 Å². The van der Waals surface area contributed by atoms with Crippen LogP contribution in [-0.4, -0.2) is 47.4 Å². The van der Waals surface area contributed by atoms with Gasteiger partial charge in [-0.25, -0.2) is 4.79 Å². The van der Waals surface area contributed by atoms with Crippen molar-refractivity contribution in [2.75, 3.05) is 6.61 Å². The largest absolute Gasteiger partial charge is 0.460 e. The highest BCUT2D eigenvalue weighted by molar-refractivity contribution is 6.10. The van der Waals surface area contributed by atoms with E-state index in [0.29, 0.717) is 22.3 Å². The fourth-order valence-corrected chi connectivity index (χ4v) is 4.69. The minimum Gasteiger partial charge on any atom is -0.460 e. The lowest BCUT2D eigenvalue weighted by molar-refractivity contribution is -0.156. The van der Waals surface area contributed by atoms with Gasteiger partial charge in [0, 0.05) is 23.5 Å². The quantitative estimate of drug-likeness (QED) is 0.434. The molecule has 5 atom stereocenters. The molecule has 7 heteroatoms. The zero-order chi connectivity index (χ0) is 21.7. The molecule has 0 aromatic carbocycles. The summed E-state index contributed by atoms with van der Waals surface area (Å²) < 4.78 is 11.4. The Kier molecular flexibility index (Phi) is 5.38. The summed E-state index contributed by atoms with van der Waals surface area (Å²) in [5, 5.41) is 9.97. The first-order valence-electron chi connectivity index (χ1n) is 9.69. The number of hydrogen-bond donors (Lipinski definition) is 1. The summed E-state index contributed by atoms with van der Waals surface area (Å²) >= 11 is 0. The molecule has 1 aliphatic heterocycles. The van der Waals surface area contributed by atoms with Gasteiger partial charge < -0.3 is 14.6 Å². The first-order chi connectivity index (χ1) is 13.6. The van der Waals surface area contributed by atoms with Crippen LogP contribution in [-0.2, 0) is 28.7 Å². The standard InChI is InChI=1S/C22H26O7/c1-6-10(2)20(26)28-15-8-13(9-23)17-14(25)7-11(3)16(17)19-18(15)22(5,12(4)24)21(27)29-19/h6-7,15-16,18-19,23H,8-9H2,1-5H3/b10-6-/t15-,16+,18+,19-,22-/m0/s1. The minimum atomic E-state index is -1.51. The Balaban J connectivity index is 2.18. The maximum absolute atomic E-state index is 12.8. The third kappa shape index (κ3) is 3.08. The maximum atomic E-state index is 12.8. The van der Waals surface area contributed by atoms with E-state index >= 15 is 0 Å². The van der Waals surface area contributed by atoms with Crippen molar-refractivity contribution in [3.05, 3.63) is 34.4 Å². The van der Waals surface area contributed by atoms with Crippen molar-refractivity contribution >= 4 is 23.5 Å². The van der Waals surface area contributed by atoms with E-state index in [2.05, 4.69) is 0 Å². The molecule has 1 N–H and O–H groups in total. The average molecular weight is 402 g/mol. The average Bonchev–Trinajstić information content (AvgIpc) is 3.05. The van der Waals surface area contributed by atoms with Crippen molar-refractivity contribution in [1.29, 1.82) is 0 Å². The first-order valence-corrected chi connectivity index (χ1v) is 9.69. The van der Waals surface area contributed by atoms with Crippen molar-refractivity contribution in [2.45, 2.75) is 53.2 Å². The summed E-state index contributed by atoms with van der Waals surface area (Å²) in [7, 11) is 0. The number of rotatable bonds is 4. The SMILES string of the molecule is C/C=C(/C)C(=O)O[C@H]1CC(CO)=C2C(=O)C=C(C)[C@H]2[C@@H]2OC(=O)[C@@](C)(C(C)=O)[C@@H]21. The first kappa shape index (κ1) is 21.2. The Labute approximate surface area is 169 Å².